The summed E-state index contributed by atoms with van der Waals surface area (Å²) >= 11 is 0. The van der Waals surface area contributed by atoms with Crippen LogP contribution in [0, 0.1) is 0 Å². The second kappa shape index (κ2) is 5.04. The van der Waals surface area contributed by atoms with Crippen LogP contribution < -0.4 is 9.64 Å². The molecule has 0 spiro atoms. The SMILES string of the molecule is COc1ccc(N2CCCCC2)c(CC2(O)CC2)c1. The number of piperidine rings is 1. The van der Waals surface area contributed by atoms with Crippen LogP contribution in [0.25, 0.3) is 0 Å². The first-order valence-electron chi connectivity index (χ1n) is 7.34. The molecule has 19 heavy (non-hydrogen) atoms. The summed E-state index contributed by atoms with van der Waals surface area (Å²) in [7, 11) is 1.70. The fourth-order valence-electron chi connectivity index (χ4n) is 2.95. The predicted octanol–water partition coefficient (Wildman–Crippen LogP) is 2.75. The number of benzene rings is 1. The molecule has 0 amide bonds. The van der Waals surface area contributed by atoms with Gasteiger partial charge in [0.1, 0.15) is 5.75 Å². The molecular formula is C16H23NO2. The average Bonchev–Trinajstić information content (AvgIpc) is 3.17. The van der Waals surface area contributed by atoms with Gasteiger partial charge in [0.2, 0.25) is 0 Å². The number of rotatable bonds is 4. The molecular weight excluding hydrogens is 238 g/mol. The van der Waals surface area contributed by atoms with Gasteiger partial charge in [-0.15, -0.1) is 0 Å². The molecule has 0 atom stereocenters. The molecule has 1 N–H and O–H groups in total. The molecule has 1 aliphatic heterocycles. The zero-order valence-electron chi connectivity index (χ0n) is 11.7. The van der Waals surface area contributed by atoms with Gasteiger partial charge in [-0.05, 0) is 55.9 Å². The Labute approximate surface area is 115 Å². The number of nitrogens with zero attached hydrogens (tertiary/aromatic N) is 1. The monoisotopic (exact) mass is 261 g/mol. The number of ether oxygens (including phenoxy) is 1. The normalized spacial score (nSPS) is 21.3. The number of hydrogen-bond donors (Lipinski definition) is 1. The van der Waals surface area contributed by atoms with Gasteiger partial charge >= 0.3 is 0 Å². The molecule has 1 heterocycles. The third-order valence-corrected chi connectivity index (χ3v) is 4.33. The maximum Gasteiger partial charge on any atom is 0.119 e. The van der Waals surface area contributed by atoms with E-state index in [0.717, 1.165) is 38.1 Å². The Morgan fingerprint density at radius 2 is 1.95 bits per heavy atom. The lowest BCUT2D eigenvalue weighted by Crippen LogP contribution is -2.30. The van der Waals surface area contributed by atoms with Crippen LogP contribution in [0.1, 0.15) is 37.7 Å². The van der Waals surface area contributed by atoms with Crippen LogP contribution in [0.5, 0.6) is 5.75 Å². The molecule has 1 saturated carbocycles. The van der Waals surface area contributed by atoms with Crippen molar-refractivity contribution in [1.29, 1.82) is 0 Å². The average molecular weight is 261 g/mol. The van der Waals surface area contributed by atoms with E-state index < -0.39 is 5.60 Å². The van der Waals surface area contributed by atoms with Crippen LogP contribution in [0.15, 0.2) is 18.2 Å². The van der Waals surface area contributed by atoms with Gasteiger partial charge in [0.25, 0.3) is 0 Å². The first kappa shape index (κ1) is 12.8. The van der Waals surface area contributed by atoms with E-state index in [1.54, 1.807) is 7.11 Å². The van der Waals surface area contributed by atoms with Crippen molar-refractivity contribution >= 4 is 5.69 Å². The molecule has 0 radical (unpaired) electrons. The largest absolute Gasteiger partial charge is 0.497 e. The lowest BCUT2D eigenvalue weighted by atomic mass is 10.0. The number of methoxy groups -OCH3 is 1. The molecule has 3 rings (SSSR count). The summed E-state index contributed by atoms with van der Waals surface area (Å²) in [5.74, 6) is 0.889. The first-order valence-corrected chi connectivity index (χ1v) is 7.34. The second-order valence-electron chi connectivity index (χ2n) is 5.94. The van der Waals surface area contributed by atoms with E-state index in [0.29, 0.717) is 0 Å². The maximum atomic E-state index is 10.2. The summed E-state index contributed by atoms with van der Waals surface area (Å²) in [6, 6.07) is 6.29. The summed E-state index contributed by atoms with van der Waals surface area (Å²) < 4.78 is 5.33. The van der Waals surface area contributed by atoms with Crippen LogP contribution in [0.4, 0.5) is 5.69 Å². The Kier molecular flexibility index (Phi) is 3.40. The molecule has 1 aromatic carbocycles. The Hall–Kier alpha value is -1.22. The summed E-state index contributed by atoms with van der Waals surface area (Å²) in [4.78, 5) is 2.46. The van der Waals surface area contributed by atoms with E-state index in [-0.39, 0.29) is 0 Å². The van der Waals surface area contributed by atoms with Crippen molar-refractivity contribution in [1.82, 2.24) is 0 Å². The minimum atomic E-state index is -0.448. The Bertz CT molecular complexity index is 448. The number of aliphatic hydroxyl groups is 1. The van der Waals surface area contributed by atoms with Crippen molar-refractivity contribution in [3.8, 4) is 5.75 Å². The molecule has 2 fully saturated rings. The second-order valence-corrected chi connectivity index (χ2v) is 5.94. The highest BCUT2D eigenvalue weighted by Crippen LogP contribution is 2.41. The fraction of sp³-hybridized carbons (Fsp3) is 0.625. The van der Waals surface area contributed by atoms with E-state index in [2.05, 4.69) is 17.0 Å². The smallest absolute Gasteiger partial charge is 0.119 e. The fourth-order valence-corrected chi connectivity index (χ4v) is 2.95. The van der Waals surface area contributed by atoms with Gasteiger partial charge in [0, 0.05) is 25.2 Å². The van der Waals surface area contributed by atoms with Gasteiger partial charge in [0.05, 0.1) is 12.7 Å². The van der Waals surface area contributed by atoms with Crippen molar-refractivity contribution in [2.24, 2.45) is 0 Å². The predicted molar refractivity (Wildman–Crippen MR) is 76.9 cm³/mol. The van der Waals surface area contributed by atoms with Gasteiger partial charge in [-0.2, -0.15) is 0 Å². The minimum Gasteiger partial charge on any atom is -0.497 e. The highest BCUT2D eigenvalue weighted by molar-refractivity contribution is 5.57. The zero-order valence-corrected chi connectivity index (χ0v) is 11.7. The summed E-state index contributed by atoms with van der Waals surface area (Å²) in [5.41, 5.74) is 2.08. The van der Waals surface area contributed by atoms with Crippen molar-refractivity contribution in [3.63, 3.8) is 0 Å². The molecule has 1 saturated heterocycles. The number of hydrogen-bond acceptors (Lipinski definition) is 3. The van der Waals surface area contributed by atoms with Gasteiger partial charge in [-0.3, -0.25) is 0 Å². The molecule has 3 heteroatoms. The van der Waals surface area contributed by atoms with Crippen molar-refractivity contribution < 1.29 is 9.84 Å². The van der Waals surface area contributed by atoms with Crippen LogP contribution in [0.2, 0.25) is 0 Å². The molecule has 0 bridgehead atoms. The summed E-state index contributed by atoms with van der Waals surface area (Å²) in [6.45, 7) is 2.27. The molecule has 2 aliphatic rings. The zero-order chi connectivity index (χ0) is 13.3. The summed E-state index contributed by atoms with van der Waals surface area (Å²) in [6.07, 6.45) is 6.51. The third kappa shape index (κ3) is 2.86. The van der Waals surface area contributed by atoms with Crippen LogP contribution in [0.3, 0.4) is 0 Å². The molecule has 1 aromatic rings. The topological polar surface area (TPSA) is 32.7 Å². The van der Waals surface area contributed by atoms with E-state index >= 15 is 0 Å². The van der Waals surface area contributed by atoms with Crippen molar-refractivity contribution in [2.75, 3.05) is 25.1 Å². The van der Waals surface area contributed by atoms with Crippen molar-refractivity contribution in [3.05, 3.63) is 23.8 Å². The Balaban J connectivity index is 1.87. The molecule has 104 valence electrons. The Morgan fingerprint density at radius 3 is 2.58 bits per heavy atom. The van der Waals surface area contributed by atoms with Crippen LogP contribution in [-0.4, -0.2) is 30.9 Å². The van der Waals surface area contributed by atoms with E-state index in [9.17, 15) is 5.11 Å². The summed E-state index contributed by atoms with van der Waals surface area (Å²) in [5, 5.41) is 10.2. The van der Waals surface area contributed by atoms with E-state index in [4.69, 9.17) is 4.74 Å². The van der Waals surface area contributed by atoms with E-state index in [1.807, 2.05) is 6.07 Å². The van der Waals surface area contributed by atoms with Crippen LogP contribution in [-0.2, 0) is 6.42 Å². The Morgan fingerprint density at radius 1 is 1.21 bits per heavy atom. The maximum absolute atomic E-state index is 10.2. The third-order valence-electron chi connectivity index (χ3n) is 4.33. The van der Waals surface area contributed by atoms with Gasteiger partial charge in [-0.1, -0.05) is 0 Å². The molecule has 0 unspecified atom stereocenters. The van der Waals surface area contributed by atoms with Crippen molar-refractivity contribution in [2.45, 2.75) is 44.1 Å². The molecule has 0 aromatic heterocycles. The minimum absolute atomic E-state index is 0.448. The van der Waals surface area contributed by atoms with Gasteiger partial charge < -0.3 is 14.7 Å². The highest BCUT2D eigenvalue weighted by Gasteiger charge is 2.41. The lowest BCUT2D eigenvalue weighted by Gasteiger charge is -2.31. The van der Waals surface area contributed by atoms with Gasteiger partial charge in [0.15, 0.2) is 0 Å². The molecule has 3 nitrogen and oxygen atoms in total. The van der Waals surface area contributed by atoms with E-state index in [1.165, 1.54) is 30.5 Å². The van der Waals surface area contributed by atoms with Gasteiger partial charge in [-0.25, -0.2) is 0 Å². The first-order chi connectivity index (χ1) is 9.20. The standard InChI is InChI=1S/C16H23NO2/c1-19-14-5-6-15(17-9-3-2-4-10-17)13(11-14)12-16(18)7-8-16/h5-6,11,18H,2-4,7-10,12H2,1H3. The highest BCUT2D eigenvalue weighted by atomic mass is 16.5. The molecule has 1 aliphatic carbocycles. The lowest BCUT2D eigenvalue weighted by molar-refractivity contribution is 0.151. The number of anilines is 1. The van der Waals surface area contributed by atoms with Crippen LogP contribution >= 0.6 is 0 Å². The quantitative estimate of drug-likeness (QED) is 0.904.